The molecule has 3 rings (SSSR count). The van der Waals surface area contributed by atoms with Crippen LogP contribution in [0, 0.1) is 5.82 Å². The first-order valence-corrected chi connectivity index (χ1v) is 8.33. The molecule has 1 aliphatic heterocycles. The Labute approximate surface area is 155 Å². The van der Waals surface area contributed by atoms with Gasteiger partial charge in [-0.2, -0.15) is 0 Å². The first-order chi connectivity index (χ1) is 13.1. The van der Waals surface area contributed by atoms with Crippen LogP contribution in [0.25, 0.3) is 6.08 Å². The molecule has 7 heteroatoms. The highest BCUT2D eigenvalue weighted by Crippen LogP contribution is 2.30. The molecule has 0 bridgehead atoms. The predicted octanol–water partition coefficient (Wildman–Crippen LogP) is 3.43. The Morgan fingerprint density at radius 2 is 1.89 bits per heavy atom. The minimum Gasteiger partial charge on any atom is -0.490 e. The Morgan fingerprint density at radius 1 is 1.11 bits per heavy atom. The van der Waals surface area contributed by atoms with Crippen molar-refractivity contribution in [3.05, 3.63) is 59.4 Å². The third-order valence-electron chi connectivity index (χ3n) is 3.84. The Kier molecular flexibility index (Phi) is 5.71. The van der Waals surface area contributed by atoms with Gasteiger partial charge in [0, 0.05) is 12.5 Å². The minimum atomic E-state index is -0.653. The highest BCUT2D eigenvalue weighted by molar-refractivity contribution is 6.02. The van der Waals surface area contributed by atoms with Crippen molar-refractivity contribution < 1.29 is 28.2 Å². The fourth-order valence-corrected chi connectivity index (χ4v) is 2.50. The summed E-state index contributed by atoms with van der Waals surface area (Å²) in [4.78, 5) is 23.6. The number of fused-ring (bicyclic) bond motifs is 1. The summed E-state index contributed by atoms with van der Waals surface area (Å²) in [7, 11) is 1.22. The number of esters is 1. The number of methoxy groups -OCH3 is 1. The van der Waals surface area contributed by atoms with Crippen molar-refractivity contribution in [2.75, 3.05) is 25.6 Å². The number of nitrogens with one attached hydrogen (secondary N) is 1. The van der Waals surface area contributed by atoms with Gasteiger partial charge in [0.05, 0.1) is 31.6 Å². The van der Waals surface area contributed by atoms with Crippen molar-refractivity contribution in [3.8, 4) is 11.5 Å². The van der Waals surface area contributed by atoms with E-state index >= 15 is 0 Å². The van der Waals surface area contributed by atoms with Gasteiger partial charge in [0.1, 0.15) is 5.82 Å². The highest BCUT2D eigenvalue weighted by Gasteiger charge is 2.12. The van der Waals surface area contributed by atoms with Gasteiger partial charge in [-0.1, -0.05) is 6.07 Å². The Morgan fingerprint density at radius 3 is 2.67 bits per heavy atom. The predicted molar refractivity (Wildman–Crippen MR) is 97.5 cm³/mol. The average molecular weight is 371 g/mol. The van der Waals surface area contributed by atoms with Crippen LogP contribution >= 0.6 is 0 Å². The first-order valence-electron chi connectivity index (χ1n) is 8.33. The molecule has 1 N–H and O–H groups in total. The molecule has 1 aliphatic rings. The molecule has 0 radical (unpaired) electrons. The number of carbonyl (C=O) groups excluding carboxylic acids is 2. The first kappa shape index (κ1) is 18.4. The van der Waals surface area contributed by atoms with E-state index in [1.807, 2.05) is 0 Å². The zero-order chi connectivity index (χ0) is 19.2. The number of amides is 1. The lowest BCUT2D eigenvalue weighted by Gasteiger charge is -2.08. The summed E-state index contributed by atoms with van der Waals surface area (Å²) in [6.07, 6.45) is 3.65. The number of carbonyl (C=O) groups is 2. The van der Waals surface area contributed by atoms with E-state index in [9.17, 15) is 14.0 Å². The summed E-state index contributed by atoms with van der Waals surface area (Å²) in [6, 6.07) is 8.93. The zero-order valence-electron chi connectivity index (χ0n) is 14.7. The van der Waals surface area contributed by atoms with E-state index in [1.54, 1.807) is 24.3 Å². The molecule has 1 amide bonds. The Balaban J connectivity index is 1.71. The van der Waals surface area contributed by atoms with Gasteiger partial charge in [-0.05, 0) is 42.0 Å². The van der Waals surface area contributed by atoms with Crippen LogP contribution < -0.4 is 14.8 Å². The highest BCUT2D eigenvalue weighted by atomic mass is 19.1. The van der Waals surface area contributed by atoms with Gasteiger partial charge in [0.15, 0.2) is 11.5 Å². The number of halogens is 1. The number of hydrogen-bond acceptors (Lipinski definition) is 5. The van der Waals surface area contributed by atoms with Crippen molar-refractivity contribution in [2.24, 2.45) is 0 Å². The third kappa shape index (κ3) is 4.63. The van der Waals surface area contributed by atoms with Gasteiger partial charge in [-0.25, -0.2) is 9.18 Å². The number of rotatable bonds is 4. The van der Waals surface area contributed by atoms with Gasteiger partial charge < -0.3 is 19.5 Å². The lowest BCUT2D eigenvalue weighted by molar-refractivity contribution is -0.111. The molecule has 0 fully saturated rings. The third-order valence-corrected chi connectivity index (χ3v) is 3.84. The molecule has 0 saturated heterocycles. The van der Waals surface area contributed by atoms with Crippen LogP contribution in [0.4, 0.5) is 10.1 Å². The molecule has 140 valence electrons. The van der Waals surface area contributed by atoms with E-state index < -0.39 is 17.7 Å². The second-order valence-electron chi connectivity index (χ2n) is 5.77. The Bertz CT molecular complexity index is 894. The van der Waals surface area contributed by atoms with Crippen molar-refractivity contribution in [3.63, 3.8) is 0 Å². The second kappa shape index (κ2) is 8.35. The fraction of sp³-hybridized carbons (Fsp3) is 0.200. The molecule has 2 aromatic carbocycles. The normalized spacial score (nSPS) is 13.1. The van der Waals surface area contributed by atoms with E-state index in [-0.39, 0.29) is 11.3 Å². The average Bonchev–Trinajstić information content (AvgIpc) is 2.92. The van der Waals surface area contributed by atoms with Crippen molar-refractivity contribution in [1.82, 2.24) is 0 Å². The maximum absolute atomic E-state index is 13.9. The largest absolute Gasteiger partial charge is 0.490 e. The smallest absolute Gasteiger partial charge is 0.337 e. The molecule has 0 atom stereocenters. The summed E-state index contributed by atoms with van der Waals surface area (Å²) in [5.41, 5.74) is 0.769. The van der Waals surface area contributed by atoms with Gasteiger partial charge in [-0.15, -0.1) is 0 Å². The van der Waals surface area contributed by atoms with E-state index in [4.69, 9.17) is 9.47 Å². The van der Waals surface area contributed by atoms with Crippen LogP contribution in [0.3, 0.4) is 0 Å². The van der Waals surface area contributed by atoms with Crippen LogP contribution in [0.5, 0.6) is 11.5 Å². The van der Waals surface area contributed by atoms with Crippen LogP contribution in [0.15, 0.2) is 42.5 Å². The van der Waals surface area contributed by atoms with Crippen molar-refractivity contribution in [1.29, 1.82) is 0 Å². The molecule has 2 aromatic rings. The van der Waals surface area contributed by atoms with Crippen LogP contribution in [0.2, 0.25) is 0 Å². The summed E-state index contributed by atoms with van der Waals surface area (Å²) >= 11 is 0. The maximum atomic E-state index is 13.9. The topological polar surface area (TPSA) is 73.9 Å². The van der Waals surface area contributed by atoms with Crippen molar-refractivity contribution in [2.45, 2.75) is 6.42 Å². The summed E-state index contributed by atoms with van der Waals surface area (Å²) in [5, 5.41) is 2.41. The van der Waals surface area contributed by atoms with Crippen molar-refractivity contribution >= 4 is 23.6 Å². The molecule has 0 saturated carbocycles. The molecule has 0 aliphatic carbocycles. The number of ether oxygens (including phenoxy) is 3. The molecule has 1 heterocycles. The molecule has 0 aromatic heterocycles. The van der Waals surface area contributed by atoms with Crippen LogP contribution in [-0.4, -0.2) is 32.2 Å². The summed E-state index contributed by atoms with van der Waals surface area (Å²) < 4.78 is 29.6. The molecule has 0 spiro atoms. The van der Waals surface area contributed by atoms with Gasteiger partial charge >= 0.3 is 5.97 Å². The zero-order valence-corrected chi connectivity index (χ0v) is 14.7. The van der Waals surface area contributed by atoms with Crippen LogP contribution in [-0.2, 0) is 9.53 Å². The minimum absolute atomic E-state index is 0.105. The fourth-order valence-electron chi connectivity index (χ4n) is 2.50. The SMILES string of the molecule is COC(=O)c1ccc(F)c(NC(=O)/C=C/c2ccc3c(c2)OCCCO3)c1. The van der Waals surface area contributed by atoms with Gasteiger partial charge in [0.25, 0.3) is 0 Å². The monoisotopic (exact) mass is 371 g/mol. The second-order valence-corrected chi connectivity index (χ2v) is 5.77. The quantitative estimate of drug-likeness (QED) is 0.658. The van der Waals surface area contributed by atoms with E-state index in [1.165, 1.54) is 25.3 Å². The molecular weight excluding hydrogens is 353 g/mol. The summed E-state index contributed by atoms with van der Waals surface area (Å²) in [5.74, 6) is -0.529. The maximum Gasteiger partial charge on any atom is 0.337 e. The van der Waals surface area contributed by atoms with Gasteiger partial charge in [0.2, 0.25) is 5.91 Å². The lowest BCUT2D eigenvalue weighted by atomic mass is 10.1. The van der Waals surface area contributed by atoms with E-state index in [0.717, 1.165) is 18.1 Å². The standard InChI is InChI=1S/C20H18FNO5/c1-25-20(24)14-5-6-15(21)16(12-14)22-19(23)8-4-13-3-7-17-18(11-13)27-10-2-9-26-17/h3-8,11-12H,2,9-10H2,1H3,(H,22,23)/b8-4+. The van der Waals surface area contributed by atoms with E-state index in [2.05, 4.69) is 10.1 Å². The summed E-state index contributed by atoms with van der Waals surface area (Å²) in [6.45, 7) is 1.16. The molecule has 27 heavy (non-hydrogen) atoms. The lowest BCUT2D eigenvalue weighted by Crippen LogP contribution is -2.11. The molecule has 0 unspecified atom stereocenters. The van der Waals surface area contributed by atoms with Gasteiger partial charge in [-0.3, -0.25) is 4.79 Å². The molecule has 6 nitrogen and oxygen atoms in total. The van der Waals surface area contributed by atoms with E-state index in [0.29, 0.717) is 24.7 Å². The number of benzene rings is 2. The Hall–Kier alpha value is -3.35. The number of hydrogen-bond donors (Lipinski definition) is 1. The molecular formula is C20H18FNO5. The van der Waals surface area contributed by atoms with Crippen LogP contribution in [0.1, 0.15) is 22.3 Å². The number of anilines is 1.